The van der Waals surface area contributed by atoms with E-state index in [9.17, 15) is 10.1 Å². The Hall–Kier alpha value is -2.97. The van der Waals surface area contributed by atoms with E-state index in [-0.39, 0.29) is 5.57 Å². The first-order valence-corrected chi connectivity index (χ1v) is 8.76. The van der Waals surface area contributed by atoms with Crippen LogP contribution in [0.2, 0.25) is 5.02 Å². The first-order chi connectivity index (χ1) is 12.7. The largest absolute Gasteiger partial charge is 0.373 e. The Balaban J connectivity index is 1.61. The van der Waals surface area contributed by atoms with Gasteiger partial charge in [-0.3, -0.25) is 4.79 Å². The standard InChI is InChI=1S/C20H19ClN4O/c21-17-5-4-6-18(13-17)23-20(26)16(14-22)15-24-9-11-25(12-10-24)19-7-2-1-3-8-19/h1-8,13,15H,9-12H2,(H,23,26)/b16-15+. The van der Waals surface area contributed by atoms with Crippen molar-refractivity contribution in [1.82, 2.24) is 4.90 Å². The predicted molar refractivity (Wildman–Crippen MR) is 104 cm³/mol. The first kappa shape index (κ1) is 17.8. The van der Waals surface area contributed by atoms with Crippen molar-refractivity contribution in [2.45, 2.75) is 0 Å². The second-order valence-corrected chi connectivity index (χ2v) is 6.41. The zero-order chi connectivity index (χ0) is 18.4. The molecule has 1 heterocycles. The summed E-state index contributed by atoms with van der Waals surface area (Å²) in [6.45, 7) is 3.19. The minimum atomic E-state index is -0.430. The van der Waals surface area contributed by atoms with Gasteiger partial charge < -0.3 is 15.1 Å². The van der Waals surface area contributed by atoms with Gasteiger partial charge >= 0.3 is 0 Å². The van der Waals surface area contributed by atoms with Gasteiger partial charge in [0.25, 0.3) is 5.91 Å². The highest BCUT2D eigenvalue weighted by molar-refractivity contribution is 6.31. The van der Waals surface area contributed by atoms with Crippen LogP contribution in [-0.4, -0.2) is 37.0 Å². The maximum Gasteiger partial charge on any atom is 0.267 e. The van der Waals surface area contributed by atoms with Gasteiger partial charge in [0.15, 0.2) is 0 Å². The Kier molecular flexibility index (Phi) is 5.77. The molecular formula is C20H19ClN4O. The van der Waals surface area contributed by atoms with Crippen LogP contribution in [0.15, 0.2) is 66.4 Å². The van der Waals surface area contributed by atoms with Crippen LogP contribution in [-0.2, 0) is 4.79 Å². The third-order valence-corrected chi connectivity index (χ3v) is 4.43. The zero-order valence-electron chi connectivity index (χ0n) is 14.2. The van der Waals surface area contributed by atoms with Crippen LogP contribution in [0.1, 0.15) is 0 Å². The molecule has 26 heavy (non-hydrogen) atoms. The highest BCUT2D eigenvalue weighted by Gasteiger charge is 2.17. The lowest BCUT2D eigenvalue weighted by molar-refractivity contribution is -0.112. The van der Waals surface area contributed by atoms with Crippen LogP contribution in [0.3, 0.4) is 0 Å². The van der Waals surface area contributed by atoms with Crippen molar-refractivity contribution < 1.29 is 4.79 Å². The van der Waals surface area contributed by atoms with E-state index in [2.05, 4.69) is 22.3 Å². The van der Waals surface area contributed by atoms with E-state index >= 15 is 0 Å². The number of carbonyl (C=O) groups is 1. The molecule has 0 atom stereocenters. The quantitative estimate of drug-likeness (QED) is 0.664. The van der Waals surface area contributed by atoms with Crippen LogP contribution in [0, 0.1) is 11.3 Å². The van der Waals surface area contributed by atoms with Gasteiger partial charge in [-0.2, -0.15) is 5.26 Å². The Morgan fingerprint density at radius 1 is 1.08 bits per heavy atom. The Labute approximate surface area is 158 Å². The fourth-order valence-electron chi connectivity index (χ4n) is 2.83. The number of amides is 1. The van der Waals surface area contributed by atoms with E-state index in [0.717, 1.165) is 26.2 Å². The molecule has 3 rings (SSSR count). The summed E-state index contributed by atoms with van der Waals surface area (Å²) in [4.78, 5) is 16.6. The molecule has 1 aliphatic heterocycles. The van der Waals surface area contributed by atoms with Gasteiger partial charge in [0, 0.05) is 48.8 Å². The summed E-state index contributed by atoms with van der Waals surface area (Å²) in [5, 5.41) is 12.6. The number of para-hydroxylation sites is 1. The molecule has 2 aromatic rings. The maximum absolute atomic E-state index is 12.3. The summed E-state index contributed by atoms with van der Waals surface area (Å²) in [6, 6.07) is 19.1. The molecule has 0 saturated carbocycles. The number of anilines is 2. The summed E-state index contributed by atoms with van der Waals surface area (Å²) in [7, 11) is 0. The van der Waals surface area contributed by atoms with Gasteiger partial charge in [0.2, 0.25) is 0 Å². The molecule has 0 radical (unpaired) electrons. The van der Waals surface area contributed by atoms with Gasteiger partial charge in [0.1, 0.15) is 11.6 Å². The summed E-state index contributed by atoms with van der Waals surface area (Å²) in [5.74, 6) is -0.430. The van der Waals surface area contributed by atoms with Crippen LogP contribution in [0.5, 0.6) is 0 Å². The molecule has 1 N–H and O–H groups in total. The van der Waals surface area contributed by atoms with E-state index in [0.29, 0.717) is 10.7 Å². The predicted octanol–water partition coefficient (Wildman–Crippen LogP) is 3.51. The third kappa shape index (κ3) is 4.56. The van der Waals surface area contributed by atoms with Gasteiger partial charge in [0.05, 0.1) is 0 Å². The monoisotopic (exact) mass is 366 g/mol. The lowest BCUT2D eigenvalue weighted by atomic mass is 10.2. The smallest absolute Gasteiger partial charge is 0.267 e. The van der Waals surface area contributed by atoms with Crippen molar-refractivity contribution in [2.24, 2.45) is 0 Å². The molecule has 0 unspecified atom stereocenters. The average molecular weight is 367 g/mol. The number of nitrogens with one attached hydrogen (secondary N) is 1. The molecule has 2 aromatic carbocycles. The molecule has 1 amide bonds. The molecule has 1 saturated heterocycles. The second kappa shape index (κ2) is 8.41. The summed E-state index contributed by atoms with van der Waals surface area (Å²) in [6.07, 6.45) is 1.64. The van der Waals surface area contributed by atoms with Gasteiger partial charge in [-0.1, -0.05) is 35.9 Å². The molecule has 6 heteroatoms. The topological polar surface area (TPSA) is 59.4 Å². The fraction of sp³-hybridized carbons (Fsp3) is 0.200. The Morgan fingerprint density at radius 2 is 1.81 bits per heavy atom. The molecular weight excluding hydrogens is 348 g/mol. The molecule has 1 aliphatic rings. The molecule has 0 bridgehead atoms. The fourth-order valence-corrected chi connectivity index (χ4v) is 3.02. The number of halogens is 1. The molecule has 132 valence electrons. The van der Waals surface area contributed by atoms with Crippen molar-refractivity contribution in [2.75, 3.05) is 36.4 Å². The van der Waals surface area contributed by atoms with Crippen molar-refractivity contribution in [1.29, 1.82) is 5.26 Å². The first-order valence-electron chi connectivity index (χ1n) is 8.38. The number of nitrogens with zero attached hydrogens (tertiary/aromatic N) is 3. The van der Waals surface area contributed by atoms with Gasteiger partial charge in [-0.05, 0) is 30.3 Å². The number of rotatable bonds is 4. The normalized spacial score (nSPS) is 14.7. The number of hydrogen-bond donors (Lipinski definition) is 1. The van der Waals surface area contributed by atoms with E-state index in [1.54, 1.807) is 30.5 Å². The van der Waals surface area contributed by atoms with Crippen LogP contribution >= 0.6 is 11.6 Å². The number of piperazine rings is 1. The highest BCUT2D eigenvalue weighted by atomic mass is 35.5. The van der Waals surface area contributed by atoms with Crippen LogP contribution < -0.4 is 10.2 Å². The maximum atomic E-state index is 12.3. The summed E-state index contributed by atoms with van der Waals surface area (Å²) < 4.78 is 0. The second-order valence-electron chi connectivity index (χ2n) is 5.98. The van der Waals surface area contributed by atoms with Gasteiger partial charge in [-0.15, -0.1) is 0 Å². The summed E-state index contributed by atoms with van der Waals surface area (Å²) >= 11 is 5.92. The SMILES string of the molecule is N#C/C(=C\N1CCN(c2ccccc2)CC1)C(=O)Nc1cccc(Cl)c1. The van der Waals surface area contributed by atoms with Crippen molar-refractivity contribution in [3.05, 3.63) is 71.4 Å². The number of nitriles is 1. The lowest BCUT2D eigenvalue weighted by Crippen LogP contribution is -2.44. The van der Waals surface area contributed by atoms with Crippen molar-refractivity contribution in [3.8, 4) is 6.07 Å². The molecule has 0 aliphatic carbocycles. The van der Waals surface area contributed by atoms with E-state index in [4.69, 9.17) is 11.6 Å². The number of benzene rings is 2. The highest BCUT2D eigenvalue weighted by Crippen LogP contribution is 2.17. The van der Waals surface area contributed by atoms with Crippen LogP contribution in [0.25, 0.3) is 0 Å². The molecule has 0 spiro atoms. The Bertz CT molecular complexity index is 836. The van der Waals surface area contributed by atoms with E-state index in [1.807, 2.05) is 29.2 Å². The minimum Gasteiger partial charge on any atom is -0.373 e. The lowest BCUT2D eigenvalue weighted by Gasteiger charge is -2.35. The molecule has 5 nitrogen and oxygen atoms in total. The molecule has 0 aromatic heterocycles. The van der Waals surface area contributed by atoms with Gasteiger partial charge in [-0.25, -0.2) is 0 Å². The van der Waals surface area contributed by atoms with E-state index in [1.165, 1.54) is 5.69 Å². The zero-order valence-corrected chi connectivity index (χ0v) is 15.0. The number of hydrogen-bond acceptors (Lipinski definition) is 4. The third-order valence-electron chi connectivity index (χ3n) is 4.19. The van der Waals surface area contributed by atoms with Crippen molar-refractivity contribution in [3.63, 3.8) is 0 Å². The van der Waals surface area contributed by atoms with E-state index < -0.39 is 5.91 Å². The Morgan fingerprint density at radius 3 is 2.46 bits per heavy atom. The number of carbonyl (C=O) groups excluding carboxylic acids is 1. The minimum absolute atomic E-state index is 0.0816. The summed E-state index contributed by atoms with van der Waals surface area (Å²) in [5.41, 5.74) is 1.84. The van der Waals surface area contributed by atoms with Crippen molar-refractivity contribution >= 4 is 28.9 Å². The molecule has 1 fully saturated rings. The van der Waals surface area contributed by atoms with Crippen LogP contribution in [0.4, 0.5) is 11.4 Å². The average Bonchev–Trinajstić information content (AvgIpc) is 2.67.